The van der Waals surface area contributed by atoms with Crippen molar-refractivity contribution in [1.82, 2.24) is 4.98 Å². The van der Waals surface area contributed by atoms with Crippen molar-refractivity contribution < 1.29 is 14.3 Å². The summed E-state index contributed by atoms with van der Waals surface area (Å²) in [5, 5.41) is 12.3. The summed E-state index contributed by atoms with van der Waals surface area (Å²) in [6, 6.07) is 20.5. The molecular weight excluding hydrogens is 578 g/mol. The van der Waals surface area contributed by atoms with Crippen molar-refractivity contribution in [2.45, 2.75) is 77.6 Å². The Morgan fingerprint density at radius 1 is 0.850 bits per heavy atom. The van der Waals surface area contributed by atoms with Gasteiger partial charge in [0.05, 0.1) is 12.6 Å². The van der Waals surface area contributed by atoms with Crippen LogP contribution in [0.3, 0.4) is 0 Å². The standard InChI is InChI=1S/C34H42BrNO3Si/c1-9-24-15-26(13-14-32(24)35)34(37)27-17-31-30(18-29(38-8)19-33(31)36-20-27)25-11-10-12-28(16-25)39-40(21(2)3,22(4)5)23(6)7/h10-23,34,37H,9H2,1-8H3. The van der Waals surface area contributed by atoms with Crippen molar-refractivity contribution >= 4 is 35.2 Å². The average Bonchev–Trinajstić information content (AvgIpc) is 2.94. The van der Waals surface area contributed by atoms with Gasteiger partial charge in [-0.15, -0.1) is 0 Å². The molecule has 4 nitrogen and oxygen atoms in total. The maximum Gasteiger partial charge on any atom is 0.258 e. The van der Waals surface area contributed by atoms with Crippen LogP contribution in [0, 0.1) is 0 Å². The summed E-state index contributed by atoms with van der Waals surface area (Å²) < 4.78 is 13.7. The predicted octanol–water partition coefficient (Wildman–Crippen LogP) is 9.87. The summed E-state index contributed by atoms with van der Waals surface area (Å²) in [4.78, 5) is 4.76. The van der Waals surface area contributed by atoms with Crippen molar-refractivity contribution in [2.24, 2.45) is 0 Å². The lowest BCUT2D eigenvalue weighted by Crippen LogP contribution is -2.50. The van der Waals surface area contributed by atoms with Crippen LogP contribution in [0.25, 0.3) is 22.0 Å². The van der Waals surface area contributed by atoms with Gasteiger partial charge >= 0.3 is 0 Å². The number of benzene rings is 3. The molecule has 0 fully saturated rings. The molecule has 0 saturated heterocycles. The molecule has 0 radical (unpaired) electrons. The third kappa shape index (κ3) is 5.85. The van der Waals surface area contributed by atoms with Crippen LogP contribution in [0.4, 0.5) is 0 Å². The van der Waals surface area contributed by atoms with Gasteiger partial charge in [-0.05, 0) is 75.6 Å². The van der Waals surface area contributed by atoms with Gasteiger partial charge in [0.1, 0.15) is 17.6 Å². The van der Waals surface area contributed by atoms with Gasteiger partial charge in [-0.25, -0.2) is 0 Å². The minimum Gasteiger partial charge on any atom is -0.543 e. The number of rotatable bonds is 10. The molecule has 1 aromatic heterocycles. The van der Waals surface area contributed by atoms with E-state index in [2.05, 4.69) is 101 Å². The van der Waals surface area contributed by atoms with E-state index in [1.807, 2.05) is 24.3 Å². The molecule has 0 spiro atoms. The number of aliphatic hydroxyl groups excluding tert-OH is 1. The highest BCUT2D eigenvalue weighted by molar-refractivity contribution is 9.10. The molecule has 0 aliphatic rings. The maximum atomic E-state index is 11.4. The molecule has 1 N–H and O–H groups in total. The summed E-state index contributed by atoms with van der Waals surface area (Å²) in [6.45, 7) is 15.9. The first-order chi connectivity index (χ1) is 19.0. The molecular formula is C34H42BrNO3Si. The van der Waals surface area contributed by atoms with E-state index in [1.165, 1.54) is 0 Å². The van der Waals surface area contributed by atoms with Crippen LogP contribution in [0.5, 0.6) is 11.5 Å². The number of hydrogen-bond acceptors (Lipinski definition) is 4. The van der Waals surface area contributed by atoms with Crippen molar-refractivity contribution in [3.63, 3.8) is 0 Å². The monoisotopic (exact) mass is 619 g/mol. The molecule has 0 bridgehead atoms. The third-order valence-corrected chi connectivity index (χ3v) is 15.0. The number of nitrogens with zero attached hydrogens (tertiary/aromatic N) is 1. The van der Waals surface area contributed by atoms with Crippen molar-refractivity contribution in [1.29, 1.82) is 0 Å². The van der Waals surface area contributed by atoms with E-state index in [9.17, 15) is 5.11 Å². The van der Waals surface area contributed by atoms with E-state index in [0.29, 0.717) is 16.6 Å². The van der Waals surface area contributed by atoms with Crippen molar-refractivity contribution in [3.8, 4) is 22.6 Å². The van der Waals surface area contributed by atoms with Crippen molar-refractivity contribution in [3.05, 3.63) is 88.0 Å². The van der Waals surface area contributed by atoms with Gasteiger partial charge in [0, 0.05) is 27.7 Å². The number of ether oxygens (including phenoxy) is 1. The Hall–Kier alpha value is -2.67. The lowest BCUT2D eigenvalue weighted by Gasteiger charge is -2.42. The Bertz CT molecular complexity index is 1460. The van der Waals surface area contributed by atoms with E-state index in [0.717, 1.165) is 61.1 Å². The van der Waals surface area contributed by atoms with E-state index in [-0.39, 0.29) is 0 Å². The van der Waals surface area contributed by atoms with Crippen LogP contribution in [0.2, 0.25) is 16.6 Å². The zero-order valence-corrected chi connectivity index (χ0v) is 27.5. The van der Waals surface area contributed by atoms with Crippen LogP contribution < -0.4 is 9.16 Å². The van der Waals surface area contributed by atoms with E-state index in [1.54, 1.807) is 13.3 Å². The fourth-order valence-corrected chi connectivity index (χ4v) is 12.0. The highest BCUT2D eigenvalue weighted by Crippen LogP contribution is 2.44. The number of fused-ring (bicyclic) bond motifs is 1. The molecule has 3 aromatic carbocycles. The molecule has 4 aromatic rings. The van der Waals surface area contributed by atoms with Gasteiger partial charge < -0.3 is 14.3 Å². The van der Waals surface area contributed by atoms with Crippen LogP contribution in [-0.4, -0.2) is 25.5 Å². The van der Waals surface area contributed by atoms with Crippen LogP contribution in [-0.2, 0) is 6.42 Å². The maximum absolute atomic E-state index is 11.4. The number of aliphatic hydroxyl groups is 1. The Balaban J connectivity index is 1.82. The Kier molecular flexibility index (Phi) is 9.43. The smallest absolute Gasteiger partial charge is 0.258 e. The zero-order valence-electron chi connectivity index (χ0n) is 25.0. The quantitative estimate of drug-likeness (QED) is 0.179. The van der Waals surface area contributed by atoms with Gasteiger partial charge in [-0.1, -0.05) is 88.7 Å². The number of halogens is 1. The van der Waals surface area contributed by atoms with Crippen LogP contribution in [0.1, 0.15) is 71.3 Å². The number of methoxy groups -OCH3 is 1. The summed E-state index contributed by atoms with van der Waals surface area (Å²) in [6.07, 6.45) is 1.86. The molecule has 40 heavy (non-hydrogen) atoms. The SMILES string of the molecule is CCc1cc(C(O)c2cnc3cc(OC)cc(-c4cccc(O[Si](C(C)C)(C(C)C)C(C)C)c4)c3c2)ccc1Br. The normalized spacial score (nSPS) is 12.9. The first-order valence-corrected chi connectivity index (χ1v) is 17.2. The first-order valence-electron chi connectivity index (χ1n) is 14.2. The van der Waals surface area contributed by atoms with Gasteiger partial charge in [0.25, 0.3) is 8.32 Å². The first kappa shape index (κ1) is 30.3. The molecule has 0 amide bonds. The van der Waals surface area contributed by atoms with Gasteiger partial charge in [0.2, 0.25) is 0 Å². The minimum atomic E-state index is -2.11. The Morgan fingerprint density at radius 2 is 1.55 bits per heavy atom. The van der Waals surface area contributed by atoms with Crippen LogP contribution in [0.15, 0.2) is 71.3 Å². The third-order valence-electron chi connectivity index (χ3n) is 8.26. The molecule has 0 saturated carbocycles. The topological polar surface area (TPSA) is 51.6 Å². The second-order valence-electron chi connectivity index (χ2n) is 11.6. The number of pyridine rings is 1. The van der Waals surface area contributed by atoms with Gasteiger partial charge in [-0.2, -0.15) is 0 Å². The molecule has 1 unspecified atom stereocenters. The Morgan fingerprint density at radius 3 is 2.17 bits per heavy atom. The summed E-state index contributed by atoms with van der Waals surface area (Å²) in [5.74, 6) is 1.65. The minimum absolute atomic E-state index is 0.480. The molecule has 1 atom stereocenters. The zero-order chi connectivity index (χ0) is 29.2. The fourth-order valence-electron chi connectivity index (χ4n) is 6.24. The number of aromatic nitrogens is 1. The Labute approximate surface area is 249 Å². The second kappa shape index (κ2) is 12.5. The van der Waals surface area contributed by atoms with E-state index < -0.39 is 14.4 Å². The molecule has 212 valence electrons. The van der Waals surface area contributed by atoms with Crippen molar-refractivity contribution in [2.75, 3.05) is 7.11 Å². The lowest BCUT2D eigenvalue weighted by molar-refractivity contribution is 0.220. The molecule has 1 heterocycles. The number of aryl methyl sites for hydroxylation is 1. The molecule has 0 aliphatic carbocycles. The largest absolute Gasteiger partial charge is 0.543 e. The highest BCUT2D eigenvalue weighted by Gasteiger charge is 2.47. The fraction of sp³-hybridized carbons (Fsp3) is 0.382. The van der Waals surface area contributed by atoms with Gasteiger partial charge in [-0.3, -0.25) is 4.98 Å². The summed E-state index contributed by atoms with van der Waals surface area (Å²) in [7, 11) is -0.435. The summed E-state index contributed by atoms with van der Waals surface area (Å²) in [5.41, 5.74) is 7.05. The molecule has 0 aliphatic heterocycles. The molecule has 6 heteroatoms. The highest BCUT2D eigenvalue weighted by atomic mass is 79.9. The van der Waals surface area contributed by atoms with Gasteiger partial charge in [0.15, 0.2) is 0 Å². The second-order valence-corrected chi connectivity index (χ2v) is 17.8. The van der Waals surface area contributed by atoms with E-state index >= 15 is 0 Å². The van der Waals surface area contributed by atoms with Crippen LogP contribution >= 0.6 is 15.9 Å². The van der Waals surface area contributed by atoms with E-state index in [4.69, 9.17) is 14.1 Å². The summed E-state index contributed by atoms with van der Waals surface area (Å²) >= 11 is 3.61. The predicted molar refractivity (Wildman–Crippen MR) is 173 cm³/mol. The number of hydrogen-bond donors (Lipinski definition) is 1. The lowest BCUT2D eigenvalue weighted by atomic mass is 9.95. The average molecular weight is 621 g/mol. The molecule has 4 rings (SSSR count).